The Kier molecular flexibility index (Phi) is 4.98. The fourth-order valence-corrected chi connectivity index (χ4v) is 2.67. The van der Waals surface area contributed by atoms with Crippen LogP contribution < -0.4 is 10.2 Å². The summed E-state index contributed by atoms with van der Waals surface area (Å²) in [5, 5.41) is 13.9. The van der Waals surface area contributed by atoms with Crippen LogP contribution in [0.2, 0.25) is 0 Å². The summed E-state index contributed by atoms with van der Waals surface area (Å²) in [4.78, 5) is 13.7. The average molecular weight is 275 g/mol. The Labute approximate surface area is 119 Å². The van der Waals surface area contributed by atoms with Gasteiger partial charge in [0, 0.05) is 24.8 Å². The van der Waals surface area contributed by atoms with Crippen LogP contribution in [-0.2, 0) is 11.2 Å². The molecule has 108 valence electrons. The minimum Gasteiger partial charge on any atom is -0.411 e. The van der Waals surface area contributed by atoms with E-state index in [-0.39, 0.29) is 11.9 Å². The molecule has 5 heteroatoms. The van der Waals surface area contributed by atoms with Crippen LogP contribution in [0.4, 0.5) is 5.69 Å². The maximum atomic E-state index is 11.4. The van der Waals surface area contributed by atoms with E-state index in [4.69, 9.17) is 5.21 Å². The molecule has 1 aromatic rings. The molecule has 0 saturated carbocycles. The molecule has 0 radical (unpaired) electrons. The summed E-state index contributed by atoms with van der Waals surface area (Å²) in [6, 6.07) is 8.44. The van der Waals surface area contributed by atoms with Crippen molar-refractivity contribution in [2.45, 2.75) is 32.2 Å². The van der Waals surface area contributed by atoms with Crippen molar-refractivity contribution in [1.82, 2.24) is 5.32 Å². The Balaban J connectivity index is 2.03. The number of hydrogen-bond acceptors (Lipinski definition) is 4. The molecule has 0 aliphatic carbocycles. The van der Waals surface area contributed by atoms with Crippen LogP contribution in [0.25, 0.3) is 0 Å². The van der Waals surface area contributed by atoms with Crippen LogP contribution in [-0.4, -0.2) is 36.5 Å². The molecular weight excluding hydrogens is 254 g/mol. The number of amides is 1. The van der Waals surface area contributed by atoms with Gasteiger partial charge < -0.3 is 15.4 Å². The Morgan fingerprint density at radius 1 is 1.50 bits per heavy atom. The zero-order valence-electron chi connectivity index (χ0n) is 11.7. The van der Waals surface area contributed by atoms with Crippen LogP contribution in [0.15, 0.2) is 29.4 Å². The van der Waals surface area contributed by atoms with Crippen molar-refractivity contribution in [2.24, 2.45) is 5.16 Å². The van der Waals surface area contributed by atoms with E-state index in [0.717, 1.165) is 32.1 Å². The van der Waals surface area contributed by atoms with Gasteiger partial charge in [-0.3, -0.25) is 4.79 Å². The number of carbonyl (C=O) groups excluding carboxylic acids is 1. The van der Waals surface area contributed by atoms with E-state index in [1.807, 2.05) is 6.92 Å². The Morgan fingerprint density at radius 2 is 2.30 bits per heavy atom. The van der Waals surface area contributed by atoms with Gasteiger partial charge in [0.2, 0.25) is 0 Å². The van der Waals surface area contributed by atoms with E-state index >= 15 is 0 Å². The second-order valence-electron chi connectivity index (χ2n) is 5.19. The molecule has 2 rings (SSSR count). The molecule has 5 nitrogen and oxygen atoms in total. The van der Waals surface area contributed by atoms with Crippen molar-refractivity contribution in [3.63, 3.8) is 0 Å². The zero-order chi connectivity index (χ0) is 14.4. The molecule has 1 atom stereocenters. The van der Waals surface area contributed by atoms with Gasteiger partial charge in [-0.15, -0.1) is 0 Å². The van der Waals surface area contributed by atoms with Crippen molar-refractivity contribution in [3.8, 4) is 0 Å². The second kappa shape index (κ2) is 6.93. The van der Waals surface area contributed by atoms with Crippen molar-refractivity contribution in [2.75, 3.05) is 18.0 Å². The lowest BCUT2D eigenvalue weighted by Crippen LogP contribution is -2.42. The highest BCUT2D eigenvalue weighted by Crippen LogP contribution is 2.25. The normalized spacial score (nSPS) is 16.6. The number of oxime groups is 1. The number of nitrogens with zero attached hydrogens (tertiary/aromatic N) is 2. The Hall–Kier alpha value is -2.04. The summed E-state index contributed by atoms with van der Waals surface area (Å²) in [5.74, 6) is -0.372. The largest absolute Gasteiger partial charge is 0.411 e. The molecule has 1 aromatic carbocycles. The lowest BCUT2D eigenvalue weighted by atomic mass is 10.1. The van der Waals surface area contributed by atoms with Gasteiger partial charge in [0.15, 0.2) is 0 Å². The van der Waals surface area contributed by atoms with Gasteiger partial charge in [-0.25, -0.2) is 0 Å². The monoisotopic (exact) mass is 275 g/mol. The van der Waals surface area contributed by atoms with Gasteiger partial charge in [0.05, 0.1) is 0 Å². The number of anilines is 1. The SMILES string of the molecule is C[C@@H](CN1CCCCc2ccccc21)NC(=O)/C=N/O. The standard InChI is InChI=1S/C15H21N3O2/c1-12(17-15(19)10-16-20)11-18-9-5-4-7-13-6-2-3-8-14(13)18/h2-3,6,8,10,12,20H,4-5,7,9,11H2,1H3,(H,17,19)/b16-10+/t12-/m0/s1. The van der Waals surface area contributed by atoms with Crippen LogP contribution in [0.5, 0.6) is 0 Å². The summed E-state index contributed by atoms with van der Waals surface area (Å²) in [6.45, 7) is 3.71. The number of para-hydroxylation sites is 1. The highest BCUT2D eigenvalue weighted by atomic mass is 16.4. The molecule has 0 unspecified atom stereocenters. The molecule has 1 aliphatic heterocycles. The van der Waals surface area contributed by atoms with Crippen molar-refractivity contribution in [3.05, 3.63) is 29.8 Å². The minimum atomic E-state index is -0.372. The smallest absolute Gasteiger partial charge is 0.266 e. The zero-order valence-corrected chi connectivity index (χ0v) is 11.7. The third kappa shape index (κ3) is 3.73. The van der Waals surface area contributed by atoms with Crippen LogP contribution in [0.1, 0.15) is 25.3 Å². The molecule has 20 heavy (non-hydrogen) atoms. The number of carbonyl (C=O) groups is 1. The highest BCUT2D eigenvalue weighted by Gasteiger charge is 2.17. The first-order valence-electron chi connectivity index (χ1n) is 7.01. The van der Waals surface area contributed by atoms with Crippen LogP contribution in [0.3, 0.4) is 0 Å². The topological polar surface area (TPSA) is 64.9 Å². The van der Waals surface area contributed by atoms with E-state index in [9.17, 15) is 4.79 Å². The molecule has 2 N–H and O–H groups in total. The van der Waals surface area contributed by atoms with Gasteiger partial charge in [-0.2, -0.15) is 0 Å². The van der Waals surface area contributed by atoms with Crippen LogP contribution in [0, 0.1) is 0 Å². The molecule has 0 spiro atoms. The third-order valence-electron chi connectivity index (χ3n) is 3.51. The summed E-state index contributed by atoms with van der Waals surface area (Å²) in [5.41, 5.74) is 2.64. The second-order valence-corrected chi connectivity index (χ2v) is 5.19. The number of hydrogen-bond donors (Lipinski definition) is 2. The minimum absolute atomic E-state index is 0.00773. The first-order chi connectivity index (χ1) is 9.70. The number of aryl methyl sites for hydroxylation is 1. The average Bonchev–Trinajstić information content (AvgIpc) is 2.62. The predicted octanol–water partition coefficient (Wildman–Crippen LogP) is 1.79. The first kappa shape index (κ1) is 14.4. The van der Waals surface area contributed by atoms with Gasteiger partial charge in [0.1, 0.15) is 6.21 Å². The maximum absolute atomic E-state index is 11.4. The number of benzene rings is 1. The van der Waals surface area contributed by atoms with Crippen molar-refractivity contribution in [1.29, 1.82) is 0 Å². The van der Waals surface area contributed by atoms with Gasteiger partial charge >= 0.3 is 0 Å². The van der Waals surface area contributed by atoms with Crippen LogP contribution >= 0.6 is 0 Å². The molecule has 0 fully saturated rings. The molecule has 1 amide bonds. The molecule has 1 aliphatic rings. The summed E-state index contributed by atoms with van der Waals surface area (Å²) >= 11 is 0. The Morgan fingerprint density at radius 3 is 3.10 bits per heavy atom. The van der Waals surface area contributed by atoms with E-state index in [0.29, 0.717) is 0 Å². The summed E-state index contributed by atoms with van der Waals surface area (Å²) in [6.07, 6.45) is 4.36. The molecule has 0 saturated heterocycles. The Bertz CT molecular complexity index is 488. The molecule has 1 heterocycles. The molecular formula is C15H21N3O2. The van der Waals surface area contributed by atoms with Crippen molar-refractivity contribution >= 4 is 17.8 Å². The molecule has 0 aromatic heterocycles. The summed E-state index contributed by atoms with van der Waals surface area (Å²) < 4.78 is 0. The van der Waals surface area contributed by atoms with E-state index in [1.54, 1.807) is 0 Å². The summed E-state index contributed by atoms with van der Waals surface area (Å²) in [7, 11) is 0. The fraction of sp³-hybridized carbons (Fsp3) is 0.467. The third-order valence-corrected chi connectivity index (χ3v) is 3.51. The highest BCUT2D eigenvalue weighted by molar-refractivity contribution is 6.26. The van der Waals surface area contributed by atoms with Gasteiger partial charge in [-0.1, -0.05) is 23.4 Å². The maximum Gasteiger partial charge on any atom is 0.266 e. The number of nitrogens with one attached hydrogen (secondary N) is 1. The van der Waals surface area contributed by atoms with Crippen molar-refractivity contribution < 1.29 is 10.0 Å². The van der Waals surface area contributed by atoms with E-state index in [2.05, 4.69) is 39.6 Å². The van der Waals surface area contributed by atoms with E-state index < -0.39 is 0 Å². The number of fused-ring (bicyclic) bond motifs is 1. The number of rotatable bonds is 4. The lowest BCUT2D eigenvalue weighted by molar-refractivity contribution is -0.115. The quantitative estimate of drug-likeness (QED) is 0.500. The first-order valence-corrected chi connectivity index (χ1v) is 7.01. The van der Waals surface area contributed by atoms with E-state index in [1.165, 1.54) is 17.7 Å². The lowest BCUT2D eigenvalue weighted by Gasteiger charge is -2.28. The predicted molar refractivity (Wildman–Crippen MR) is 79.5 cm³/mol. The fourth-order valence-electron chi connectivity index (χ4n) is 2.67. The molecule has 0 bridgehead atoms. The van der Waals surface area contributed by atoms with Gasteiger partial charge in [-0.05, 0) is 37.8 Å². The van der Waals surface area contributed by atoms with Gasteiger partial charge in [0.25, 0.3) is 5.91 Å².